The topological polar surface area (TPSA) is 94.6 Å². The minimum absolute atomic E-state index is 0.0892. The zero-order valence-electron chi connectivity index (χ0n) is 17.8. The van der Waals surface area contributed by atoms with Crippen LogP contribution in [0.4, 0.5) is 5.82 Å². The number of hydrogen-bond donors (Lipinski definition) is 2. The van der Waals surface area contributed by atoms with E-state index in [-0.39, 0.29) is 24.1 Å². The Morgan fingerprint density at radius 3 is 2.71 bits per heavy atom. The number of nitrogens with zero attached hydrogens (tertiary/aromatic N) is 3. The van der Waals surface area contributed by atoms with Gasteiger partial charge in [0.2, 0.25) is 11.8 Å². The van der Waals surface area contributed by atoms with E-state index in [1.165, 1.54) is 0 Å². The zero-order chi connectivity index (χ0) is 22.0. The molecule has 3 heterocycles. The summed E-state index contributed by atoms with van der Waals surface area (Å²) in [6.45, 7) is 2.61. The van der Waals surface area contributed by atoms with Crippen molar-refractivity contribution in [1.82, 2.24) is 20.1 Å². The van der Waals surface area contributed by atoms with Crippen molar-refractivity contribution in [2.24, 2.45) is 0 Å². The van der Waals surface area contributed by atoms with Crippen molar-refractivity contribution in [1.29, 1.82) is 0 Å². The number of rotatable bonds is 4. The van der Waals surface area contributed by atoms with Crippen LogP contribution in [0.25, 0.3) is 0 Å². The summed E-state index contributed by atoms with van der Waals surface area (Å²) < 4.78 is 0. The molecule has 2 aliphatic heterocycles. The number of aromatic nitrogens is 1. The van der Waals surface area contributed by atoms with Gasteiger partial charge in [0.25, 0.3) is 5.91 Å². The standard InChI is InChI=1S/C23H27N5O3/c1-16(22(31)27(2)15-17-7-4-3-5-8-17)28-14-12-23(11-10-19(28)29)25-20-18(21(30)26-23)9-6-13-24-20/h3-9,13,16H,10-12,14-15H2,1-2H3,(H,24,25)(H,26,30). The molecule has 31 heavy (non-hydrogen) atoms. The van der Waals surface area contributed by atoms with Gasteiger partial charge in [-0.15, -0.1) is 0 Å². The predicted molar refractivity (Wildman–Crippen MR) is 116 cm³/mol. The van der Waals surface area contributed by atoms with Gasteiger partial charge in [0.15, 0.2) is 0 Å². The molecule has 3 amide bonds. The van der Waals surface area contributed by atoms with Crippen LogP contribution in [0.5, 0.6) is 0 Å². The minimum atomic E-state index is -0.748. The van der Waals surface area contributed by atoms with Gasteiger partial charge in [0, 0.05) is 39.2 Å². The summed E-state index contributed by atoms with van der Waals surface area (Å²) in [4.78, 5) is 46.1. The number of likely N-dealkylation sites (N-methyl/N-ethyl adjacent to an activating group) is 1. The van der Waals surface area contributed by atoms with E-state index >= 15 is 0 Å². The van der Waals surface area contributed by atoms with Crippen LogP contribution in [0.3, 0.4) is 0 Å². The van der Waals surface area contributed by atoms with E-state index < -0.39 is 11.7 Å². The Bertz CT molecular complexity index is 996. The molecule has 1 aromatic heterocycles. The lowest BCUT2D eigenvalue weighted by atomic mass is 9.97. The molecular weight excluding hydrogens is 394 g/mol. The molecule has 0 bridgehead atoms. The highest BCUT2D eigenvalue weighted by molar-refractivity contribution is 6.01. The average molecular weight is 422 g/mol. The van der Waals surface area contributed by atoms with Crippen LogP contribution in [-0.2, 0) is 16.1 Å². The molecule has 0 aliphatic carbocycles. The van der Waals surface area contributed by atoms with Gasteiger partial charge in [0.05, 0.1) is 5.56 Å². The van der Waals surface area contributed by atoms with Crippen LogP contribution >= 0.6 is 0 Å². The van der Waals surface area contributed by atoms with Crippen LogP contribution < -0.4 is 10.6 Å². The second-order valence-electron chi connectivity index (χ2n) is 8.25. The Kier molecular flexibility index (Phi) is 5.63. The van der Waals surface area contributed by atoms with Crippen LogP contribution in [-0.4, -0.2) is 57.8 Å². The van der Waals surface area contributed by atoms with Crippen molar-refractivity contribution in [3.63, 3.8) is 0 Å². The molecule has 2 aliphatic rings. The van der Waals surface area contributed by atoms with Crippen molar-refractivity contribution in [2.75, 3.05) is 18.9 Å². The maximum atomic E-state index is 13.0. The molecular formula is C23H27N5O3. The third-order valence-corrected chi connectivity index (χ3v) is 6.09. The number of fused-ring (bicyclic) bond motifs is 1. The number of carbonyl (C=O) groups is 3. The highest BCUT2D eigenvalue weighted by atomic mass is 16.2. The Hall–Kier alpha value is -3.42. The van der Waals surface area contributed by atoms with Crippen molar-refractivity contribution >= 4 is 23.5 Å². The molecule has 1 aromatic carbocycles. The van der Waals surface area contributed by atoms with Gasteiger partial charge in [-0.25, -0.2) is 4.98 Å². The van der Waals surface area contributed by atoms with Crippen LogP contribution in [0.15, 0.2) is 48.7 Å². The van der Waals surface area contributed by atoms with Crippen LogP contribution in [0.1, 0.15) is 42.1 Å². The quantitative estimate of drug-likeness (QED) is 0.787. The van der Waals surface area contributed by atoms with Gasteiger partial charge in [-0.2, -0.15) is 0 Å². The summed E-state index contributed by atoms with van der Waals surface area (Å²) in [5, 5.41) is 6.36. The number of hydrogen-bond acceptors (Lipinski definition) is 5. The van der Waals surface area contributed by atoms with Gasteiger partial charge in [0.1, 0.15) is 17.5 Å². The summed E-state index contributed by atoms with van der Waals surface area (Å²) in [6, 6.07) is 12.6. The molecule has 4 rings (SSSR count). The van der Waals surface area contributed by atoms with Crippen molar-refractivity contribution in [2.45, 2.75) is 44.4 Å². The molecule has 162 valence electrons. The van der Waals surface area contributed by atoms with Gasteiger partial charge in [-0.05, 0) is 31.0 Å². The number of likely N-dealkylation sites (tertiary alicyclic amines) is 1. The first-order valence-electron chi connectivity index (χ1n) is 10.5. The lowest BCUT2D eigenvalue weighted by molar-refractivity contribution is -0.144. The Balaban J connectivity index is 1.45. The molecule has 2 aromatic rings. The molecule has 8 nitrogen and oxygen atoms in total. The van der Waals surface area contributed by atoms with Gasteiger partial charge in [-0.1, -0.05) is 30.3 Å². The van der Waals surface area contributed by atoms with Gasteiger partial charge < -0.3 is 20.4 Å². The summed E-state index contributed by atoms with van der Waals surface area (Å²) in [6.07, 6.45) is 2.79. The largest absolute Gasteiger partial charge is 0.347 e. The average Bonchev–Trinajstić information content (AvgIpc) is 2.92. The molecule has 1 saturated heterocycles. The summed E-state index contributed by atoms with van der Waals surface area (Å²) in [5.74, 6) is 0.128. The molecule has 2 atom stereocenters. The fraction of sp³-hybridized carbons (Fsp3) is 0.391. The summed E-state index contributed by atoms with van der Waals surface area (Å²) in [7, 11) is 1.75. The van der Waals surface area contributed by atoms with E-state index in [0.29, 0.717) is 37.3 Å². The van der Waals surface area contributed by atoms with E-state index in [9.17, 15) is 14.4 Å². The van der Waals surface area contributed by atoms with E-state index in [4.69, 9.17) is 0 Å². The fourth-order valence-electron chi connectivity index (χ4n) is 4.30. The number of anilines is 1. The maximum Gasteiger partial charge on any atom is 0.256 e. The Morgan fingerprint density at radius 2 is 1.94 bits per heavy atom. The Morgan fingerprint density at radius 1 is 1.16 bits per heavy atom. The van der Waals surface area contributed by atoms with Gasteiger partial charge >= 0.3 is 0 Å². The Labute approximate surface area is 181 Å². The first kappa shape index (κ1) is 20.8. The van der Waals surface area contributed by atoms with Crippen LogP contribution in [0, 0.1) is 0 Å². The van der Waals surface area contributed by atoms with E-state index in [0.717, 1.165) is 5.56 Å². The smallest absolute Gasteiger partial charge is 0.256 e. The SMILES string of the molecule is CC(C(=O)N(C)Cc1ccccc1)N1CCC2(CCC1=O)NC(=O)c1cccnc1N2. The van der Waals surface area contributed by atoms with E-state index in [1.54, 1.807) is 42.1 Å². The predicted octanol–water partition coefficient (Wildman–Crippen LogP) is 1.99. The number of carbonyl (C=O) groups excluding carboxylic acids is 3. The molecule has 1 spiro atoms. The number of benzene rings is 1. The minimum Gasteiger partial charge on any atom is -0.347 e. The molecule has 8 heteroatoms. The lowest BCUT2D eigenvalue weighted by Crippen LogP contribution is -2.58. The highest BCUT2D eigenvalue weighted by Crippen LogP contribution is 2.31. The third kappa shape index (κ3) is 4.23. The number of amides is 3. The monoisotopic (exact) mass is 421 g/mol. The fourth-order valence-corrected chi connectivity index (χ4v) is 4.30. The third-order valence-electron chi connectivity index (χ3n) is 6.09. The van der Waals surface area contributed by atoms with Crippen molar-refractivity contribution < 1.29 is 14.4 Å². The van der Waals surface area contributed by atoms with E-state index in [1.807, 2.05) is 30.3 Å². The second kappa shape index (κ2) is 8.37. The second-order valence-corrected chi connectivity index (χ2v) is 8.25. The normalized spacial score (nSPS) is 21.5. The van der Waals surface area contributed by atoms with Crippen molar-refractivity contribution in [3.05, 3.63) is 59.8 Å². The highest BCUT2D eigenvalue weighted by Gasteiger charge is 2.42. The molecule has 2 unspecified atom stereocenters. The zero-order valence-corrected chi connectivity index (χ0v) is 17.8. The molecule has 0 saturated carbocycles. The molecule has 1 fully saturated rings. The molecule has 0 radical (unpaired) electrons. The van der Waals surface area contributed by atoms with Crippen molar-refractivity contribution in [3.8, 4) is 0 Å². The first-order chi connectivity index (χ1) is 14.9. The first-order valence-corrected chi connectivity index (χ1v) is 10.5. The molecule has 2 N–H and O–H groups in total. The van der Waals surface area contributed by atoms with Crippen LogP contribution in [0.2, 0.25) is 0 Å². The summed E-state index contributed by atoms with van der Waals surface area (Å²) in [5.41, 5.74) is 0.778. The number of nitrogens with one attached hydrogen (secondary N) is 2. The van der Waals surface area contributed by atoms with Gasteiger partial charge in [-0.3, -0.25) is 14.4 Å². The maximum absolute atomic E-state index is 13.0. The lowest BCUT2D eigenvalue weighted by Gasteiger charge is -2.39. The number of pyridine rings is 1. The summed E-state index contributed by atoms with van der Waals surface area (Å²) >= 11 is 0. The van der Waals surface area contributed by atoms with E-state index in [2.05, 4.69) is 15.6 Å².